The minimum absolute atomic E-state index is 0. The Hall–Kier alpha value is -3.77. The molecule has 0 saturated heterocycles. The van der Waals surface area contributed by atoms with Crippen LogP contribution in [-0.2, 0) is 36.9 Å². The van der Waals surface area contributed by atoms with Gasteiger partial charge in [0.05, 0.1) is 13.0 Å². The van der Waals surface area contributed by atoms with Crippen molar-refractivity contribution < 1.29 is 28.7 Å². The predicted molar refractivity (Wildman–Crippen MR) is 185 cm³/mol. The number of rotatable bonds is 16. The molecule has 0 bridgehead atoms. The zero-order valence-corrected chi connectivity index (χ0v) is 28.1. The molecular weight excluding hydrogens is 613 g/mol. The van der Waals surface area contributed by atoms with Crippen LogP contribution in [0, 0.1) is 0 Å². The van der Waals surface area contributed by atoms with Gasteiger partial charge in [-0.15, -0.1) is 11.3 Å². The van der Waals surface area contributed by atoms with E-state index >= 15 is 0 Å². The quantitative estimate of drug-likeness (QED) is 0.0861. The number of hydrogen-bond donors (Lipinski definition) is 3. The molecule has 1 aromatic carbocycles. The number of amides is 3. The Bertz CT molecular complexity index is 1200. The fraction of sp³-hybridized carbons (Fsp3) is 0.455. The summed E-state index contributed by atoms with van der Waals surface area (Å²) in [5, 5.41) is 9.92. The van der Waals surface area contributed by atoms with Crippen LogP contribution >= 0.6 is 23.1 Å². The van der Waals surface area contributed by atoms with Crippen molar-refractivity contribution >= 4 is 52.4 Å². The standard InChI is InChI=1S/C27H32N4O6S2.C3H8.C2H6.CH4/c1-3-21(26(35)28-4-2)31-27(36)22-17-39-24(30-22)16-29-23(33)15-20(37-18-32)12-8-9-13-38-25(34)14-19-10-6-5-7-11-19;1-3-2;1-2;/h3,5-8,10-12,17-18,20H,4,9,13-16H2,1-2H3,(H,28,35)(H,29,33)(H,31,36);3H2,1-2H3;1-2H3;1H4/b12-8+,21-3-;;;. The molecule has 3 N–H and O–H groups in total. The Morgan fingerprint density at radius 1 is 1.07 bits per heavy atom. The molecule has 10 nitrogen and oxygen atoms in total. The average Bonchev–Trinajstić information content (AvgIpc) is 3.50. The molecule has 12 heteroatoms. The van der Waals surface area contributed by atoms with Crippen LogP contribution in [0.5, 0.6) is 0 Å². The van der Waals surface area contributed by atoms with Crippen LogP contribution in [0.2, 0.25) is 0 Å². The summed E-state index contributed by atoms with van der Waals surface area (Å²) in [6.07, 6.45) is 6.23. The van der Waals surface area contributed by atoms with E-state index in [2.05, 4.69) is 34.8 Å². The van der Waals surface area contributed by atoms with Crippen LogP contribution in [0.25, 0.3) is 0 Å². The van der Waals surface area contributed by atoms with Crippen LogP contribution in [0.3, 0.4) is 0 Å². The lowest BCUT2D eigenvalue weighted by Gasteiger charge is -2.10. The Morgan fingerprint density at radius 2 is 1.73 bits per heavy atom. The van der Waals surface area contributed by atoms with E-state index in [4.69, 9.17) is 4.74 Å². The summed E-state index contributed by atoms with van der Waals surface area (Å²) in [7, 11) is 0. The first-order chi connectivity index (χ1) is 21.3. The largest absolute Gasteiger partial charge is 0.460 e. The van der Waals surface area contributed by atoms with E-state index in [1.165, 1.54) is 41.0 Å². The Morgan fingerprint density at radius 3 is 2.33 bits per heavy atom. The van der Waals surface area contributed by atoms with Gasteiger partial charge >= 0.3 is 0 Å². The van der Waals surface area contributed by atoms with Crippen molar-refractivity contribution in [3.8, 4) is 0 Å². The Labute approximate surface area is 276 Å². The molecule has 0 aliphatic rings. The Balaban J connectivity index is 0. The van der Waals surface area contributed by atoms with Crippen LogP contribution in [0.1, 0.15) is 89.3 Å². The normalized spacial score (nSPS) is 10.9. The lowest BCUT2D eigenvalue weighted by Crippen LogP contribution is -2.34. The van der Waals surface area contributed by atoms with Crippen molar-refractivity contribution in [2.75, 3.05) is 12.3 Å². The molecule has 2 aromatic rings. The number of hydrogen-bond acceptors (Lipinski definition) is 9. The van der Waals surface area contributed by atoms with Gasteiger partial charge in [0.2, 0.25) is 5.91 Å². The first-order valence-corrected chi connectivity index (χ1v) is 16.6. The first kappa shape index (κ1) is 43.4. The number of nitrogens with one attached hydrogen (secondary N) is 3. The predicted octanol–water partition coefficient (Wildman–Crippen LogP) is 5.99. The van der Waals surface area contributed by atoms with Crippen molar-refractivity contribution in [3.05, 3.63) is 75.9 Å². The van der Waals surface area contributed by atoms with Crippen LogP contribution in [0.15, 0.2) is 59.6 Å². The van der Waals surface area contributed by atoms with Crippen LogP contribution in [-0.4, -0.2) is 52.7 Å². The zero-order valence-electron chi connectivity index (χ0n) is 26.5. The number of thiazole rings is 1. The molecule has 45 heavy (non-hydrogen) atoms. The van der Waals surface area contributed by atoms with Gasteiger partial charge in [-0.2, -0.15) is 0 Å². The molecule has 0 radical (unpaired) electrons. The van der Waals surface area contributed by atoms with E-state index < -0.39 is 17.9 Å². The van der Waals surface area contributed by atoms with E-state index in [0.29, 0.717) is 30.1 Å². The van der Waals surface area contributed by atoms with Gasteiger partial charge in [-0.25, -0.2) is 4.98 Å². The third kappa shape index (κ3) is 20.0. The second-order valence-corrected chi connectivity index (χ2v) is 10.8. The van der Waals surface area contributed by atoms with Crippen molar-refractivity contribution in [2.24, 2.45) is 0 Å². The van der Waals surface area contributed by atoms with Gasteiger partial charge in [0, 0.05) is 24.1 Å². The maximum atomic E-state index is 12.4. The smallest absolute Gasteiger partial charge is 0.293 e. The number of allylic oxidation sites excluding steroid dienone is 2. The fourth-order valence-electron chi connectivity index (χ4n) is 3.16. The SMILES string of the molecule is C.C/C=C(\NC(=O)c1csc(CNC(=O)CC(/C=C/CCSC(=O)Cc2ccccc2)OC=O)n1)C(=O)NCC.CC.CCC. The number of thioether (sulfide) groups is 1. The summed E-state index contributed by atoms with van der Waals surface area (Å²) < 4.78 is 4.99. The molecule has 1 aromatic heterocycles. The highest BCUT2D eigenvalue weighted by Crippen LogP contribution is 2.12. The summed E-state index contributed by atoms with van der Waals surface area (Å²) in [6, 6.07) is 9.50. The van der Waals surface area contributed by atoms with Crippen molar-refractivity contribution in [1.29, 1.82) is 0 Å². The molecule has 1 heterocycles. The summed E-state index contributed by atoms with van der Waals surface area (Å²) in [4.78, 5) is 63.8. The third-order valence-electron chi connectivity index (χ3n) is 5.05. The second kappa shape index (κ2) is 27.8. The number of carbonyl (C=O) groups excluding carboxylic acids is 5. The molecule has 2 rings (SSSR count). The van der Waals surface area contributed by atoms with Gasteiger partial charge in [-0.1, -0.05) is 95.8 Å². The molecule has 0 aliphatic heterocycles. The maximum absolute atomic E-state index is 12.4. The highest BCUT2D eigenvalue weighted by atomic mass is 32.2. The lowest BCUT2D eigenvalue weighted by molar-refractivity contribution is -0.134. The summed E-state index contributed by atoms with van der Waals surface area (Å²) in [5.41, 5.74) is 1.21. The monoisotopic (exact) mass is 662 g/mol. The highest BCUT2D eigenvalue weighted by molar-refractivity contribution is 8.13. The van der Waals surface area contributed by atoms with Gasteiger partial charge < -0.3 is 20.7 Å². The number of aromatic nitrogens is 1. The number of likely N-dealkylation sites (N-methyl/N-ethyl adjacent to an activating group) is 1. The molecule has 250 valence electrons. The van der Waals surface area contributed by atoms with Gasteiger partial charge in [-0.05, 0) is 31.9 Å². The number of carbonyl (C=O) groups is 5. The number of ether oxygens (including phenoxy) is 1. The van der Waals surface area contributed by atoms with Gasteiger partial charge in [-0.3, -0.25) is 24.0 Å². The maximum Gasteiger partial charge on any atom is 0.293 e. The van der Waals surface area contributed by atoms with E-state index in [9.17, 15) is 24.0 Å². The summed E-state index contributed by atoms with van der Waals surface area (Å²) >= 11 is 2.42. The topological polar surface area (TPSA) is 144 Å². The minimum atomic E-state index is -0.751. The highest BCUT2D eigenvalue weighted by Gasteiger charge is 2.17. The molecule has 0 fully saturated rings. The molecule has 0 saturated carbocycles. The van der Waals surface area contributed by atoms with Crippen molar-refractivity contribution in [1.82, 2.24) is 20.9 Å². The van der Waals surface area contributed by atoms with Crippen molar-refractivity contribution in [3.63, 3.8) is 0 Å². The van der Waals surface area contributed by atoms with Gasteiger partial charge in [0.15, 0.2) is 5.12 Å². The second-order valence-electron chi connectivity index (χ2n) is 8.70. The van der Waals surface area contributed by atoms with Gasteiger partial charge in [0.25, 0.3) is 18.3 Å². The number of nitrogens with zero attached hydrogens (tertiary/aromatic N) is 1. The lowest BCUT2D eigenvalue weighted by atomic mass is 10.2. The minimum Gasteiger partial charge on any atom is -0.460 e. The molecule has 0 aliphatic carbocycles. The first-order valence-electron chi connectivity index (χ1n) is 14.7. The van der Waals surface area contributed by atoms with Crippen molar-refractivity contribution in [2.45, 2.75) is 87.3 Å². The van der Waals surface area contributed by atoms with Crippen LogP contribution < -0.4 is 16.0 Å². The third-order valence-corrected chi connectivity index (χ3v) is 6.80. The molecule has 0 spiro atoms. The van der Waals surface area contributed by atoms with E-state index in [0.717, 1.165) is 5.56 Å². The summed E-state index contributed by atoms with van der Waals surface area (Å²) in [5.74, 6) is -0.728. The zero-order chi connectivity index (χ0) is 33.2. The molecule has 1 atom stereocenters. The Kier molecular flexibility index (Phi) is 26.7. The van der Waals surface area contributed by atoms with E-state index in [1.807, 2.05) is 44.2 Å². The molecular formula is C33H50N4O6S2. The molecule has 1 unspecified atom stereocenters. The summed E-state index contributed by atoms with van der Waals surface area (Å²) in [6.45, 7) is 12.5. The van der Waals surface area contributed by atoms with Gasteiger partial charge in [0.1, 0.15) is 22.5 Å². The molecule has 3 amide bonds. The van der Waals surface area contributed by atoms with Crippen LogP contribution in [0.4, 0.5) is 0 Å². The number of benzene rings is 1. The fourth-order valence-corrected chi connectivity index (χ4v) is 4.63. The average molecular weight is 663 g/mol. The van der Waals surface area contributed by atoms with E-state index in [1.54, 1.807) is 26.0 Å². The van der Waals surface area contributed by atoms with E-state index in [-0.39, 0.29) is 49.3 Å².